The number of thiophene rings is 2. The van der Waals surface area contributed by atoms with Gasteiger partial charge in [0.25, 0.3) is 0 Å². The van der Waals surface area contributed by atoms with E-state index in [9.17, 15) is 16.8 Å². The van der Waals surface area contributed by atoms with Crippen LogP contribution in [0, 0.1) is 0 Å². The van der Waals surface area contributed by atoms with Gasteiger partial charge in [-0.1, -0.05) is 87.7 Å². The monoisotopic (exact) mass is 1120 g/mol. The molecule has 0 radical (unpaired) electrons. The van der Waals surface area contributed by atoms with E-state index in [4.69, 9.17) is 32.7 Å². The molecule has 5 heterocycles. The lowest BCUT2D eigenvalue weighted by molar-refractivity contribution is 0.412. The zero-order chi connectivity index (χ0) is 48.5. The second-order valence-electron chi connectivity index (χ2n) is 15.7. The quantitative estimate of drug-likeness (QED) is 0.0858. The molecule has 1 aliphatic rings. The standard InChI is InChI=1S/C27H26ClN3O3S3.C22H19BrClN3O3S2/c1-34-24-9-6-21(20-10-14-35-15-11-20)17-23(24)31-26(29-30-27(31)25-3-2-13-36-25)18-37(32,33)16-12-19-4-7-22(28)8-5-19;1-30-19-9-6-16(23)13-18(19)27-21(25-26-22(27)20-3-2-11-31-20)14-32(28,29)12-10-15-4-7-17(24)8-5-15/h2-10,13,17H,11-12,14-16,18H2,1H3;2-9,11,13H,10,12,14H2,1H3. The molecule has 0 saturated heterocycles. The summed E-state index contributed by atoms with van der Waals surface area (Å²) in [5, 5.41) is 22.5. The van der Waals surface area contributed by atoms with E-state index in [1.165, 1.54) is 28.2 Å². The van der Waals surface area contributed by atoms with Gasteiger partial charge in [0, 0.05) is 20.3 Å². The highest BCUT2D eigenvalue weighted by atomic mass is 79.9. The fraction of sp³-hybridized carbons (Fsp3) is 0.224. The zero-order valence-corrected chi connectivity index (χ0v) is 44.5. The number of aromatic nitrogens is 6. The lowest BCUT2D eigenvalue weighted by Crippen LogP contribution is -2.15. The third kappa shape index (κ3) is 13.0. The fourth-order valence-electron chi connectivity index (χ4n) is 7.54. The van der Waals surface area contributed by atoms with Crippen LogP contribution < -0.4 is 9.47 Å². The van der Waals surface area contributed by atoms with Gasteiger partial charge >= 0.3 is 0 Å². The first kappa shape index (κ1) is 50.6. The third-order valence-corrected chi connectivity index (χ3v) is 17.7. The summed E-state index contributed by atoms with van der Waals surface area (Å²) in [7, 11) is -3.76. The van der Waals surface area contributed by atoms with Gasteiger partial charge in [0.05, 0.1) is 46.9 Å². The van der Waals surface area contributed by atoms with Gasteiger partial charge in [-0.3, -0.25) is 9.13 Å². The Kier molecular flexibility index (Phi) is 16.8. The van der Waals surface area contributed by atoms with E-state index in [2.05, 4.69) is 54.5 Å². The Hall–Kier alpha value is -4.79. The molecule has 0 N–H and O–H groups in total. The molecule has 0 atom stereocenters. The maximum Gasteiger partial charge on any atom is 0.178 e. The van der Waals surface area contributed by atoms with Crippen LogP contribution in [0.15, 0.2) is 131 Å². The first-order chi connectivity index (χ1) is 33.3. The molecule has 9 rings (SSSR count). The highest BCUT2D eigenvalue weighted by Crippen LogP contribution is 2.37. The zero-order valence-electron chi connectivity index (χ0n) is 37.3. The van der Waals surface area contributed by atoms with Crippen LogP contribution in [0.3, 0.4) is 0 Å². The molecule has 358 valence electrons. The molecule has 0 saturated carbocycles. The molecular formula is C49H45BrCl2N6O6S5. The van der Waals surface area contributed by atoms with Crippen molar-refractivity contribution in [1.29, 1.82) is 0 Å². The van der Waals surface area contributed by atoms with Crippen LogP contribution in [-0.4, -0.2) is 83.6 Å². The number of halogens is 3. The molecule has 1 aliphatic heterocycles. The highest BCUT2D eigenvalue weighted by Gasteiger charge is 2.26. The fourth-order valence-corrected chi connectivity index (χ4v) is 12.9. The molecule has 0 bridgehead atoms. The minimum atomic E-state index is -3.49. The topological polar surface area (TPSA) is 148 Å². The van der Waals surface area contributed by atoms with Crippen molar-refractivity contribution in [3.8, 4) is 44.3 Å². The minimum absolute atomic E-state index is 0.00243. The average molecular weight is 1130 g/mol. The molecule has 12 nitrogen and oxygen atoms in total. The van der Waals surface area contributed by atoms with Gasteiger partial charge < -0.3 is 9.47 Å². The Morgan fingerprint density at radius 2 is 1.13 bits per heavy atom. The van der Waals surface area contributed by atoms with Crippen LogP contribution in [0.2, 0.25) is 10.0 Å². The van der Waals surface area contributed by atoms with Crippen molar-refractivity contribution in [3.05, 3.63) is 169 Å². The molecular weight excluding hydrogens is 1080 g/mol. The lowest BCUT2D eigenvalue weighted by atomic mass is 10.0. The molecule has 0 aliphatic carbocycles. The Balaban J connectivity index is 0.000000188. The van der Waals surface area contributed by atoms with Crippen molar-refractivity contribution in [1.82, 2.24) is 29.5 Å². The maximum absolute atomic E-state index is 13.2. The summed E-state index contributed by atoms with van der Waals surface area (Å²) in [6.45, 7) is 0. The van der Waals surface area contributed by atoms with Crippen molar-refractivity contribution in [3.63, 3.8) is 0 Å². The number of aryl methyl sites for hydroxylation is 2. The van der Waals surface area contributed by atoms with Crippen LogP contribution in [0.1, 0.15) is 34.8 Å². The summed E-state index contributed by atoms with van der Waals surface area (Å²) < 4.78 is 68.2. The van der Waals surface area contributed by atoms with Crippen molar-refractivity contribution >= 4 is 98.8 Å². The second-order valence-corrected chi connectivity index (χ2v) is 24.9. The summed E-state index contributed by atoms with van der Waals surface area (Å²) in [4.78, 5) is 1.78. The number of rotatable bonds is 17. The Morgan fingerprint density at radius 1 is 0.638 bits per heavy atom. The summed E-state index contributed by atoms with van der Waals surface area (Å²) in [5.74, 6) is 4.67. The first-order valence-electron chi connectivity index (χ1n) is 21.5. The van der Waals surface area contributed by atoms with Gasteiger partial charge in [-0.25, -0.2) is 16.8 Å². The largest absolute Gasteiger partial charge is 0.495 e. The predicted molar refractivity (Wildman–Crippen MR) is 285 cm³/mol. The number of thioether (sulfide) groups is 1. The molecule has 0 unspecified atom stereocenters. The molecule has 20 heteroatoms. The van der Waals surface area contributed by atoms with Crippen molar-refractivity contribution in [2.75, 3.05) is 37.2 Å². The Labute approximate surface area is 432 Å². The molecule has 0 spiro atoms. The lowest BCUT2D eigenvalue weighted by Gasteiger charge is -2.18. The van der Waals surface area contributed by atoms with E-state index in [-0.39, 0.29) is 23.0 Å². The normalized spacial score (nSPS) is 12.9. The molecule has 0 amide bonds. The molecule has 69 heavy (non-hydrogen) atoms. The molecule has 4 aromatic carbocycles. The van der Waals surface area contributed by atoms with E-state index < -0.39 is 19.7 Å². The second kappa shape index (κ2) is 23.0. The number of sulfone groups is 2. The highest BCUT2D eigenvalue weighted by molar-refractivity contribution is 9.10. The van der Waals surface area contributed by atoms with E-state index in [0.29, 0.717) is 63.4 Å². The molecule has 0 fully saturated rings. The van der Waals surface area contributed by atoms with E-state index in [1.54, 1.807) is 43.1 Å². The number of benzene rings is 4. The summed E-state index contributed by atoms with van der Waals surface area (Å²) in [6.07, 6.45) is 4.04. The average Bonchev–Trinajstić information content (AvgIpc) is 4.20. The maximum atomic E-state index is 13.2. The summed E-state index contributed by atoms with van der Waals surface area (Å²) >= 11 is 20.3. The van der Waals surface area contributed by atoms with Crippen LogP contribution >= 0.6 is 73.6 Å². The number of hydrogen-bond acceptors (Lipinski definition) is 13. The Bertz CT molecular complexity index is 3270. The van der Waals surface area contributed by atoms with Crippen LogP contribution in [0.4, 0.5) is 0 Å². The van der Waals surface area contributed by atoms with Crippen LogP contribution in [-0.2, 0) is 44.0 Å². The van der Waals surface area contributed by atoms with E-state index in [1.807, 2.05) is 99.9 Å². The first-order valence-corrected chi connectivity index (χ1v) is 29.6. The van der Waals surface area contributed by atoms with Gasteiger partial charge in [0.1, 0.15) is 23.0 Å². The van der Waals surface area contributed by atoms with E-state index >= 15 is 0 Å². The summed E-state index contributed by atoms with van der Waals surface area (Å²) in [5.41, 5.74) is 5.60. The van der Waals surface area contributed by atoms with Gasteiger partial charge in [0.2, 0.25) is 0 Å². The number of ether oxygens (including phenoxy) is 2. The number of allylic oxidation sites excluding steroid dienone is 1. The molecule has 8 aromatic rings. The number of methoxy groups -OCH3 is 2. The predicted octanol–water partition coefficient (Wildman–Crippen LogP) is 11.9. The van der Waals surface area contributed by atoms with E-state index in [0.717, 1.165) is 54.5 Å². The van der Waals surface area contributed by atoms with Crippen LogP contribution in [0.5, 0.6) is 11.5 Å². The molecule has 4 aromatic heterocycles. The van der Waals surface area contributed by atoms with Gasteiger partial charge in [-0.15, -0.1) is 43.1 Å². The van der Waals surface area contributed by atoms with Gasteiger partial charge in [-0.05, 0) is 125 Å². The van der Waals surface area contributed by atoms with Crippen LogP contribution in [0.25, 0.3) is 38.4 Å². The van der Waals surface area contributed by atoms with Crippen molar-refractivity contribution in [2.45, 2.75) is 30.8 Å². The SMILES string of the molecule is COc1ccc(Br)cc1-n1c(CS(=O)(=O)CCc2ccc(Cl)cc2)nnc1-c1cccs1.COc1ccc(C2=CCSCC2)cc1-n1c(CS(=O)(=O)CCc2ccc(Cl)cc2)nnc1-c1cccs1. The number of hydrogen-bond donors (Lipinski definition) is 0. The number of nitrogens with zero attached hydrogens (tertiary/aromatic N) is 6. The van der Waals surface area contributed by atoms with Crippen molar-refractivity contribution < 1.29 is 26.3 Å². The Morgan fingerprint density at radius 3 is 1.58 bits per heavy atom. The van der Waals surface area contributed by atoms with Gasteiger partial charge in [-0.2, -0.15) is 11.8 Å². The summed E-state index contributed by atoms with van der Waals surface area (Å²) in [6, 6.07) is 33.8. The smallest absolute Gasteiger partial charge is 0.178 e. The third-order valence-electron chi connectivity index (χ3n) is 11.0. The minimum Gasteiger partial charge on any atom is -0.495 e. The van der Waals surface area contributed by atoms with Gasteiger partial charge in [0.15, 0.2) is 43.0 Å². The van der Waals surface area contributed by atoms with Crippen molar-refractivity contribution in [2.24, 2.45) is 0 Å².